The predicted octanol–water partition coefficient (Wildman–Crippen LogP) is 4.91. The van der Waals surface area contributed by atoms with Crippen LogP contribution < -0.4 is 4.74 Å². The molecule has 24 heavy (non-hydrogen) atoms. The Hall–Kier alpha value is -2.16. The Morgan fingerprint density at radius 2 is 1.83 bits per heavy atom. The Balaban J connectivity index is 2.10. The molecule has 1 aliphatic rings. The molecule has 0 heterocycles. The minimum Gasteiger partial charge on any atom is -0.497 e. The maximum Gasteiger partial charge on any atom is 0.137 e. The summed E-state index contributed by atoms with van der Waals surface area (Å²) in [7, 11) is 1.65. The number of ketones is 2. The zero-order valence-corrected chi connectivity index (χ0v) is 14.7. The van der Waals surface area contributed by atoms with E-state index < -0.39 is 0 Å². The lowest BCUT2D eigenvalue weighted by molar-refractivity contribution is -0.118. The summed E-state index contributed by atoms with van der Waals surface area (Å²) < 4.78 is 5.21. The van der Waals surface area contributed by atoms with Gasteiger partial charge in [-0.15, -0.1) is 0 Å². The van der Waals surface area contributed by atoms with Gasteiger partial charge in [0.25, 0.3) is 0 Å². The molecule has 0 saturated heterocycles. The highest BCUT2D eigenvalue weighted by molar-refractivity contribution is 5.93. The largest absolute Gasteiger partial charge is 0.497 e. The van der Waals surface area contributed by atoms with E-state index in [-0.39, 0.29) is 5.78 Å². The van der Waals surface area contributed by atoms with Crippen molar-refractivity contribution < 1.29 is 14.3 Å². The number of ether oxygens (including phenoxy) is 1. The second-order valence-electron chi connectivity index (χ2n) is 6.48. The van der Waals surface area contributed by atoms with Crippen molar-refractivity contribution >= 4 is 17.1 Å². The molecule has 0 bridgehead atoms. The van der Waals surface area contributed by atoms with Crippen LogP contribution >= 0.6 is 0 Å². The number of benzene rings is 1. The lowest BCUT2D eigenvalue weighted by atomic mass is 9.84. The van der Waals surface area contributed by atoms with Gasteiger partial charge in [0.05, 0.1) is 7.11 Å². The molecule has 0 atom stereocenters. The van der Waals surface area contributed by atoms with E-state index in [1.807, 2.05) is 24.3 Å². The third-order valence-electron chi connectivity index (χ3n) is 4.56. The summed E-state index contributed by atoms with van der Waals surface area (Å²) in [6, 6.07) is 7.92. The van der Waals surface area contributed by atoms with Crippen LogP contribution in [-0.2, 0) is 9.59 Å². The normalized spacial score (nSPS) is 14.7. The van der Waals surface area contributed by atoms with Gasteiger partial charge in [-0.05, 0) is 55.9 Å². The van der Waals surface area contributed by atoms with Gasteiger partial charge in [0.2, 0.25) is 0 Å². The number of carbonyl (C=O) groups is 2. The molecule has 0 aliphatic heterocycles. The summed E-state index contributed by atoms with van der Waals surface area (Å²) in [5.74, 6) is 1.33. The van der Waals surface area contributed by atoms with Crippen LogP contribution in [0.5, 0.6) is 5.75 Å². The SMILES string of the molecule is C=C(CCC(C)=O)CCC1=C(c2ccc(OC)cc2)CC(=O)CC1. The topological polar surface area (TPSA) is 43.4 Å². The van der Waals surface area contributed by atoms with E-state index >= 15 is 0 Å². The molecule has 1 aromatic carbocycles. The van der Waals surface area contributed by atoms with Gasteiger partial charge in [-0.3, -0.25) is 4.79 Å². The maximum atomic E-state index is 11.9. The van der Waals surface area contributed by atoms with E-state index in [2.05, 4.69) is 6.58 Å². The first-order valence-electron chi connectivity index (χ1n) is 8.52. The monoisotopic (exact) mass is 326 g/mol. The zero-order valence-electron chi connectivity index (χ0n) is 14.7. The summed E-state index contributed by atoms with van der Waals surface area (Å²) >= 11 is 0. The minimum absolute atomic E-state index is 0.206. The van der Waals surface area contributed by atoms with Crippen molar-refractivity contribution in [3.8, 4) is 5.75 Å². The molecular weight excluding hydrogens is 300 g/mol. The van der Waals surface area contributed by atoms with E-state index in [0.29, 0.717) is 25.0 Å². The van der Waals surface area contributed by atoms with Crippen molar-refractivity contribution in [3.63, 3.8) is 0 Å². The molecule has 1 aliphatic carbocycles. The molecule has 3 nitrogen and oxygen atoms in total. The smallest absolute Gasteiger partial charge is 0.137 e. The highest BCUT2D eigenvalue weighted by Gasteiger charge is 2.19. The van der Waals surface area contributed by atoms with E-state index in [0.717, 1.165) is 48.1 Å². The molecule has 0 saturated carbocycles. The van der Waals surface area contributed by atoms with Crippen LogP contribution in [0.4, 0.5) is 0 Å². The molecule has 0 spiro atoms. The van der Waals surface area contributed by atoms with Crippen LogP contribution in [0.3, 0.4) is 0 Å². The average Bonchev–Trinajstić information content (AvgIpc) is 2.59. The Morgan fingerprint density at radius 1 is 1.12 bits per heavy atom. The number of methoxy groups -OCH3 is 1. The van der Waals surface area contributed by atoms with Crippen molar-refractivity contribution in [2.75, 3.05) is 7.11 Å². The third kappa shape index (κ3) is 5.19. The maximum absolute atomic E-state index is 11.9. The fourth-order valence-corrected chi connectivity index (χ4v) is 3.03. The van der Waals surface area contributed by atoms with Crippen molar-refractivity contribution in [2.45, 2.75) is 51.9 Å². The summed E-state index contributed by atoms with van der Waals surface area (Å²) in [4.78, 5) is 23.0. The lowest BCUT2D eigenvalue weighted by Crippen LogP contribution is -2.09. The van der Waals surface area contributed by atoms with Crippen LogP contribution in [0, 0.1) is 0 Å². The van der Waals surface area contributed by atoms with Crippen LogP contribution in [0.25, 0.3) is 5.57 Å². The quantitative estimate of drug-likeness (QED) is 0.638. The molecule has 0 amide bonds. The van der Waals surface area contributed by atoms with Gasteiger partial charge in [-0.25, -0.2) is 0 Å². The number of Topliss-reactive ketones (excluding diaryl/α,β-unsaturated/α-hetero) is 2. The molecule has 0 fully saturated rings. The number of carbonyl (C=O) groups excluding carboxylic acids is 2. The van der Waals surface area contributed by atoms with Gasteiger partial charge >= 0.3 is 0 Å². The molecule has 2 rings (SSSR count). The summed E-state index contributed by atoms with van der Waals surface area (Å²) in [5, 5.41) is 0. The third-order valence-corrected chi connectivity index (χ3v) is 4.56. The van der Waals surface area contributed by atoms with Crippen molar-refractivity contribution in [1.29, 1.82) is 0 Å². The first-order chi connectivity index (χ1) is 11.5. The van der Waals surface area contributed by atoms with Gasteiger partial charge in [-0.2, -0.15) is 0 Å². The molecule has 3 heteroatoms. The number of hydrogen-bond acceptors (Lipinski definition) is 3. The fraction of sp³-hybridized carbons (Fsp3) is 0.429. The average molecular weight is 326 g/mol. The van der Waals surface area contributed by atoms with Gasteiger partial charge in [-0.1, -0.05) is 29.9 Å². The summed E-state index contributed by atoms with van der Waals surface area (Å²) in [6.45, 7) is 5.70. The van der Waals surface area contributed by atoms with Crippen LogP contribution in [-0.4, -0.2) is 18.7 Å². The van der Waals surface area contributed by atoms with Crippen molar-refractivity contribution in [2.24, 2.45) is 0 Å². The van der Waals surface area contributed by atoms with Crippen LogP contribution in [0.15, 0.2) is 42.0 Å². The van der Waals surface area contributed by atoms with Gasteiger partial charge < -0.3 is 9.53 Å². The Bertz CT molecular complexity index is 650. The minimum atomic E-state index is 0.206. The summed E-state index contributed by atoms with van der Waals surface area (Å²) in [6.07, 6.45) is 5.12. The van der Waals surface area contributed by atoms with Gasteiger partial charge in [0.1, 0.15) is 17.3 Å². The van der Waals surface area contributed by atoms with Crippen molar-refractivity contribution in [1.82, 2.24) is 0 Å². The summed E-state index contributed by atoms with van der Waals surface area (Å²) in [5.41, 5.74) is 4.73. The van der Waals surface area contributed by atoms with E-state index in [9.17, 15) is 9.59 Å². The molecule has 0 aromatic heterocycles. The second-order valence-corrected chi connectivity index (χ2v) is 6.48. The van der Waals surface area contributed by atoms with Crippen LogP contribution in [0.2, 0.25) is 0 Å². The van der Waals surface area contributed by atoms with Gasteiger partial charge in [0, 0.05) is 19.3 Å². The lowest BCUT2D eigenvalue weighted by Gasteiger charge is -2.21. The Morgan fingerprint density at radius 3 is 2.46 bits per heavy atom. The fourth-order valence-electron chi connectivity index (χ4n) is 3.03. The first-order valence-corrected chi connectivity index (χ1v) is 8.52. The molecular formula is C21H26O3. The number of rotatable bonds is 8. The molecule has 128 valence electrons. The predicted molar refractivity (Wildman–Crippen MR) is 97.1 cm³/mol. The highest BCUT2D eigenvalue weighted by atomic mass is 16.5. The van der Waals surface area contributed by atoms with Gasteiger partial charge in [0.15, 0.2) is 0 Å². The number of hydrogen-bond donors (Lipinski definition) is 0. The molecule has 0 radical (unpaired) electrons. The zero-order chi connectivity index (χ0) is 17.5. The molecule has 0 unspecified atom stereocenters. The van der Waals surface area contributed by atoms with E-state index in [1.165, 1.54) is 5.57 Å². The Kier molecular flexibility index (Phi) is 6.53. The first kappa shape index (κ1) is 18.2. The van der Waals surface area contributed by atoms with Crippen molar-refractivity contribution in [3.05, 3.63) is 47.6 Å². The molecule has 1 aromatic rings. The molecule has 0 N–H and O–H groups in total. The standard InChI is InChI=1S/C21H26O3/c1-15(4-6-16(2)22)5-7-17-8-11-19(23)14-21(17)18-9-12-20(24-3)13-10-18/h9-10,12-13H,1,4-8,11,14H2,2-3H3. The van der Waals surface area contributed by atoms with Crippen LogP contribution in [0.1, 0.15) is 57.4 Å². The highest BCUT2D eigenvalue weighted by Crippen LogP contribution is 2.34. The Labute approximate surface area is 144 Å². The number of allylic oxidation sites excluding steroid dienone is 3. The van der Waals surface area contributed by atoms with E-state index in [4.69, 9.17) is 4.74 Å². The van der Waals surface area contributed by atoms with E-state index in [1.54, 1.807) is 14.0 Å². The second kappa shape index (κ2) is 8.62.